The summed E-state index contributed by atoms with van der Waals surface area (Å²) in [5.41, 5.74) is 0.709. The van der Waals surface area contributed by atoms with Gasteiger partial charge < -0.3 is 0 Å². The van der Waals surface area contributed by atoms with Gasteiger partial charge in [0.05, 0.1) is 12.8 Å². The van der Waals surface area contributed by atoms with Crippen LogP contribution in [0.15, 0.2) is 24.3 Å². The normalized spacial score (nSPS) is 11.9. The molecule has 0 aromatic heterocycles. The minimum absolute atomic E-state index is 0.105. The average molecular weight is 247 g/mol. The van der Waals surface area contributed by atoms with Gasteiger partial charge in [-0.15, -0.1) is 0 Å². The van der Waals surface area contributed by atoms with Crippen LogP contribution < -0.4 is 0 Å². The van der Waals surface area contributed by atoms with Gasteiger partial charge in [-0.05, 0) is 17.7 Å². The number of nitro benzene ring substituents is 1. The van der Waals surface area contributed by atoms with E-state index in [4.69, 9.17) is 7.85 Å². The molecule has 0 aliphatic rings. The molecule has 2 radical (unpaired) electrons. The lowest BCUT2D eigenvalue weighted by Gasteiger charge is -2.15. The van der Waals surface area contributed by atoms with Gasteiger partial charge in [-0.2, -0.15) is 0 Å². The van der Waals surface area contributed by atoms with Crippen molar-refractivity contribution in [1.29, 1.82) is 0 Å². The molecule has 0 fully saturated rings. The van der Waals surface area contributed by atoms with Crippen LogP contribution in [0, 0.1) is 22.0 Å². The third-order valence-corrected chi connectivity index (χ3v) is 2.21. The van der Waals surface area contributed by atoms with Gasteiger partial charge in [0.15, 0.2) is 0 Å². The van der Waals surface area contributed by atoms with Crippen LogP contribution in [0.3, 0.4) is 0 Å². The average Bonchev–Trinajstić information content (AvgIpc) is 2.27. The van der Waals surface area contributed by atoms with E-state index in [0.717, 1.165) is 5.92 Å². The van der Waals surface area contributed by atoms with Crippen molar-refractivity contribution in [2.24, 2.45) is 11.8 Å². The van der Waals surface area contributed by atoms with E-state index in [1.807, 2.05) is 13.8 Å². The lowest BCUT2D eigenvalue weighted by molar-refractivity contribution is -0.385. The van der Waals surface area contributed by atoms with Crippen LogP contribution in [-0.4, -0.2) is 12.8 Å². The molecule has 4 heteroatoms. The number of hydrogen-bond donors (Lipinski definition) is 0. The molecule has 0 N–H and O–H groups in total. The molecular formula is C14H22BNO2. The van der Waals surface area contributed by atoms with Crippen molar-refractivity contribution in [1.82, 2.24) is 0 Å². The summed E-state index contributed by atoms with van der Waals surface area (Å²) in [5.74, 6) is 0.743. The van der Waals surface area contributed by atoms with Crippen molar-refractivity contribution in [2.45, 2.75) is 40.4 Å². The lowest BCUT2D eigenvalue weighted by atomic mass is 9.73. The molecule has 18 heavy (non-hydrogen) atoms. The predicted molar refractivity (Wildman–Crippen MR) is 76.9 cm³/mol. The van der Waals surface area contributed by atoms with E-state index < -0.39 is 4.92 Å². The minimum Gasteiger partial charge on any atom is -0.258 e. The van der Waals surface area contributed by atoms with Gasteiger partial charge in [0.25, 0.3) is 5.69 Å². The van der Waals surface area contributed by atoms with E-state index in [1.54, 1.807) is 18.2 Å². The third kappa shape index (κ3) is 5.85. The Morgan fingerprint density at radius 2 is 1.56 bits per heavy atom. The summed E-state index contributed by atoms with van der Waals surface area (Å²) in [7, 11) is 5.87. The summed E-state index contributed by atoms with van der Waals surface area (Å²) in [6.07, 6.45) is 0. The molecule has 0 spiro atoms. The molecule has 98 valence electrons. The van der Waals surface area contributed by atoms with Crippen LogP contribution in [0.25, 0.3) is 0 Å². The molecule has 0 saturated carbocycles. The maximum atomic E-state index is 10.7. The highest BCUT2D eigenvalue weighted by atomic mass is 16.6. The molecule has 1 rings (SSSR count). The van der Waals surface area contributed by atoms with Crippen molar-refractivity contribution < 1.29 is 4.92 Å². The maximum Gasteiger partial charge on any atom is 0.272 e. The quantitative estimate of drug-likeness (QED) is 0.458. The molecule has 3 nitrogen and oxygen atoms in total. The summed E-state index contributed by atoms with van der Waals surface area (Å²) in [4.78, 5) is 10.3. The third-order valence-electron chi connectivity index (χ3n) is 2.21. The Balaban J connectivity index is 0.000000631. The zero-order valence-electron chi connectivity index (χ0n) is 11.9. The first-order chi connectivity index (χ1) is 8.27. The van der Waals surface area contributed by atoms with Crippen LogP contribution >= 0.6 is 0 Å². The molecule has 1 unspecified atom stereocenters. The number of nitrogens with zero attached hydrogens (tertiary/aromatic N) is 1. The van der Waals surface area contributed by atoms with Gasteiger partial charge in [-0.25, -0.2) is 0 Å². The van der Waals surface area contributed by atoms with E-state index in [2.05, 4.69) is 20.8 Å². The fourth-order valence-electron chi connectivity index (χ4n) is 1.29. The number of nitro groups is 1. The van der Waals surface area contributed by atoms with Crippen LogP contribution in [-0.2, 0) is 0 Å². The molecule has 0 amide bonds. The largest absolute Gasteiger partial charge is 0.272 e. The van der Waals surface area contributed by atoms with Crippen LogP contribution in [0.5, 0.6) is 0 Å². The van der Waals surface area contributed by atoms with E-state index >= 15 is 0 Å². The second-order valence-corrected chi connectivity index (χ2v) is 5.32. The summed E-state index contributed by atoms with van der Waals surface area (Å²) in [5, 5.41) is 10.7. The fraction of sp³-hybridized carbons (Fsp3) is 0.571. The molecule has 0 bridgehead atoms. The van der Waals surface area contributed by atoms with Gasteiger partial charge in [0.1, 0.15) is 0 Å². The van der Waals surface area contributed by atoms with E-state index in [-0.39, 0.29) is 17.4 Å². The number of rotatable bonds is 3. The van der Waals surface area contributed by atoms with Crippen molar-refractivity contribution in [3.63, 3.8) is 0 Å². The molecule has 0 aliphatic carbocycles. The van der Waals surface area contributed by atoms with E-state index in [0.29, 0.717) is 5.56 Å². The van der Waals surface area contributed by atoms with Crippen molar-refractivity contribution in [3.05, 3.63) is 39.9 Å². The highest BCUT2D eigenvalue weighted by Gasteiger charge is 2.19. The van der Waals surface area contributed by atoms with Gasteiger partial charge in [0.2, 0.25) is 0 Å². The van der Waals surface area contributed by atoms with Crippen LogP contribution in [0.2, 0.25) is 0 Å². The molecule has 0 heterocycles. The first kappa shape index (κ1) is 16.7. The second kappa shape index (κ2) is 7.91. The van der Waals surface area contributed by atoms with E-state index in [9.17, 15) is 10.1 Å². The van der Waals surface area contributed by atoms with E-state index in [1.165, 1.54) is 6.07 Å². The standard InChI is InChI=1S/C10H12BNO2.C4H10/c1-7(2)10(11)8-5-3-4-6-9(8)12(13)14;1-4(2)3/h3-7,10H,1-2H3;4H,1-3H3. The van der Waals surface area contributed by atoms with Crippen LogP contribution in [0.1, 0.15) is 46.0 Å². The molecule has 0 saturated heterocycles. The number of para-hydroxylation sites is 1. The molecule has 0 aliphatic heterocycles. The Hall–Kier alpha value is -1.32. The first-order valence-electron chi connectivity index (χ1n) is 6.26. The summed E-state index contributed by atoms with van der Waals surface area (Å²) in [6, 6.07) is 6.61. The Morgan fingerprint density at radius 3 is 1.94 bits per heavy atom. The highest BCUT2D eigenvalue weighted by Crippen LogP contribution is 2.28. The lowest BCUT2D eigenvalue weighted by Crippen LogP contribution is -2.08. The van der Waals surface area contributed by atoms with Gasteiger partial charge >= 0.3 is 0 Å². The highest BCUT2D eigenvalue weighted by molar-refractivity contribution is 6.13. The summed E-state index contributed by atoms with van der Waals surface area (Å²) in [6.45, 7) is 10.4. The monoisotopic (exact) mass is 247 g/mol. The summed E-state index contributed by atoms with van der Waals surface area (Å²) >= 11 is 0. The van der Waals surface area contributed by atoms with Crippen LogP contribution in [0.4, 0.5) is 5.69 Å². The predicted octanol–water partition coefficient (Wildman–Crippen LogP) is 4.12. The smallest absolute Gasteiger partial charge is 0.258 e. The zero-order valence-corrected chi connectivity index (χ0v) is 11.9. The molecule has 1 aromatic rings. The van der Waals surface area contributed by atoms with Gasteiger partial charge in [-0.1, -0.05) is 52.8 Å². The van der Waals surface area contributed by atoms with Crippen molar-refractivity contribution in [3.8, 4) is 0 Å². The second-order valence-electron chi connectivity index (χ2n) is 5.32. The minimum atomic E-state index is -0.391. The van der Waals surface area contributed by atoms with Gasteiger partial charge in [-0.3, -0.25) is 10.1 Å². The Morgan fingerprint density at radius 1 is 1.11 bits per heavy atom. The maximum absolute atomic E-state index is 10.7. The SMILES string of the molecule is CC(C)C.[B]C(c1ccccc1[N+](=O)[O-])C(C)C. The Bertz CT molecular complexity index is 375. The Labute approximate surface area is 111 Å². The molecule has 1 atom stereocenters. The van der Waals surface area contributed by atoms with Crippen molar-refractivity contribution >= 4 is 13.5 Å². The summed E-state index contributed by atoms with van der Waals surface area (Å²) < 4.78 is 0. The van der Waals surface area contributed by atoms with Crippen molar-refractivity contribution in [2.75, 3.05) is 0 Å². The van der Waals surface area contributed by atoms with Gasteiger partial charge in [0, 0.05) is 11.6 Å². The first-order valence-corrected chi connectivity index (χ1v) is 6.26. The molecule has 1 aromatic carbocycles. The Kier molecular flexibility index (Phi) is 7.33. The fourth-order valence-corrected chi connectivity index (χ4v) is 1.29. The topological polar surface area (TPSA) is 43.1 Å². The number of hydrogen-bond acceptors (Lipinski definition) is 2. The zero-order chi connectivity index (χ0) is 14.3. The number of benzene rings is 1. The molecular weight excluding hydrogens is 225 g/mol.